The summed E-state index contributed by atoms with van der Waals surface area (Å²) in [5, 5.41) is 2.91. The van der Waals surface area contributed by atoms with Gasteiger partial charge in [0.15, 0.2) is 0 Å². The maximum absolute atomic E-state index is 13.6. The summed E-state index contributed by atoms with van der Waals surface area (Å²) in [7, 11) is -3.76. The predicted molar refractivity (Wildman–Crippen MR) is 140 cm³/mol. The third-order valence-corrected chi connectivity index (χ3v) is 6.85. The Bertz CT molecular complexity index is 1130. The van der Waals surface area contributed by atoms with Crippen molar-refractivity contribution in [3.05, 3.63) is 64.1 Å². The van der Waals surface area contributed by atoms with Gasteiger partial charge in [0.2, 0.25) is 21.8 Å². The van der Waals surface area contributed by atoms with Gasteiger partial charge in [-0.15, -0.1) is 0 Å². The first-order valence-corrected chi connectivity index (χ1v) is 13.8. The highest BCUT2D eigenvalue weighted by molar-refractivity contribution is 9.10. The summed E-state index contributed by atoms with van der Waals surface area (Å²) in [6, 6.07) is 13.8. The minimum Gasteiger partial charge on any atom is -0.350 e. The fraction of sp³-hybridized carbons (Fsp3) is 0.440. The van der Waals surface area contributed by atoms with Crippen LogP contribution in [0.1, 0.15) is 45.7 Å². The quantitative estimate of drug-likeness (QED) is 0.508. The summed E-state index contributed by atoms with van der Waals surface area (Å²) >= 11 is 3.44. The third kappa shape index (κ3) is 7.84. The number of rotatable bonds is 9. The topological polar surface area (TPSA) is 86.8 Å². The van der Waals surface area contributed by atoms with Crippen LogP contribution in [-0.4, -0.2) is 49.5 Å². The van der Waals surface area contributed by atoms with Crippen LogP contribution in [0.5, 0.6) is 0 Å². The largest absolute Gasteiger partial charge is 0.350 e. The van der Waals surface area contributed by atoms with Crippen molar-refractivity contribution in [3.8, 4) is 0 Å². The molecule has 0 aliphatic rings. The molecule has 0 aromatic heterocycles. The van der Waals surface area contributed by atoms with Gasteiger partial charge < -0.3 is 10.2 Å². The van der Waals surface area contributed by atoms with E-state index in [9.17, 15) is 18.0 Å². The number of aryl methyl sites for hydroxylation is 1. The molecule has 9 heteroatoms. The van der Waals surface area contributed by atoms with Crippen LogP contribution in [0, 0.1) is 0 Å². The number of benzene rings is 2. The summed E-state index contributed by atoms with van der Waals surface area (Å²) in [5.41, 5.74) is 1.63. The first-order chi connectivity index (χ1) is 15.7. The van der Waals surface area contributed by atoms with Gasteiger partial charge in [-0.3, -0.25) is 13.9 Å². The first-order valence-electron chi connectivity index (χ1n) is 11.1. The Balaban J connectivity index is 2.44. The number of hydrogen-bond acceptors (Lipinski definition) is 4. The molecule has 2 aromatic carbocycles. The van der Waals surface area contributed by atoms with Crippen molar-refractivity contribution in [2.75, 3.05) is 17.1 Å². The summed E-state index contributed by atoms with van der Waals surface area (Å²) in [5.74, 6) is -0.774. The van der Waals surface area contributed by atoms with Gasteiger partial charge in [0.1, 0.15) is 12.6 Å². The van der Waals surface area contributed by atoms with Crippen LogP contribution >= 0.6 is 15.9 Å². The number of sulfonamides is 1. The lowest BCUT2D eigenvalue weighted by atomic mass is 10.1. The molecule has 7 nitrogen and oxygen atoms in total. The Hall–Kier alpha value is -2.39. The molecule has 1 N–H and O–H groups in total. The van der Waals surface area contributed by atoms with Crippen molar-refractivity contribution in [2.24, 2.45) is 0 Å². The van der Waals surface area contributed by atoms with Gasteiger partial charge in [-0.25, -0.2) is 8.42 Å². The minimum atomic E-state index is -3.76. The van der Waals surface area contributed by atoms with E-state index in [-0.39, 0.29) is 12.5 Å². The molecule has 0 heterocycles. The van der Waals surface area contributed by atoms with Crippen LogP contribution in [0.2, 0.25) is 0 Å². The standard InChI is InChI=1S/C25H34BrN3O4S/c1-7-20-12-8-9-14-22(20)29(34(6,32)33)17-23(30)28(16-19-11-10-13-21(26)15-19)18(2)24(31)27-25(3,4)5/h8-15,18H,7,16-17H2,1-6H3,(H,27,31). The molecule has 0 bridgehead atoms. The van der Waals surface area contributed by atoms with E-state index in [2.05, 4.69) is 21.2 Å². The van der Waals surface area contributed by atoms with Crippen molar-refractivity contribution in [1.82, 2.24) is 10.2 Å². The Morgan fingerprint density at radius 1 is 1.09 bits per heavy atom. The van der Waals surface area contributed by atoms with Crippen molar-refractivity contribution < 1.29 is 18.0 Å². The molecule has 0 saturated heterocycles. The Kier molecular flexibility index (Phi) is 9.30. The van der Waals surface area contributed by atoms with Gasteiger partial charge in [0.05, 0.1) is 11.9 Å². The summed E-state index contributed by atoms with van der Waals surface area (Å²) in [6.07, 6.45) is 1.70. The highest BCUT2D eigenvalue weighted by Gasteiger charge is 2.31. The van der Waals surface area contributed by atoms with Gasteiger partial charge in [0, 0.05) is 16.6 Å². The van der Waals surface area contributed by atoms with Gasteiger partial charge in [0.25, 0.3) is 0 Å². The molecule has 2 amide bonds. The van der Waals surface area contributed by atoms with Crippen LogP contribution in [0.25, 0.3) is 0 Å². The van der Waals surface area contributed by atoms with E-state index >= 15 is 0 Å². The van der Waals surface area contributed by atoms with Crippen LogP contribution in [0.4, 0.5) is 5.69 Å². The molecule has 1 unspecified atom stereocenters. The SMILES string of the molecule is CCc1ccccc1N(CC(=O)N(Cc1cccc(Br)c1)C(C)C(=O)NC(C)(C)C)S(C)(=O)=O. The number of anilines is 1. The number of amides is 2. The number of hydrogen-bond donors (Lipinski definition) is 1. The zero-order valence-electron chi connectivity index (χ0n) is 20.6. The second-order valence-corrected chi connectivity index (χ2v) is 12.1. The molecule has 2 aromatic rings. The summed E-state index contributed by atoms with van der Waals surface area (Å²) < 4.78 is 27.4. The highest BCUT2D eigenvalue weighted by Crippen LogP contribution is 2.24. The Morgan fingerprint density at radius 2 is 1.74 bits per heavy atom. The molecule has 34 heavy (non-hydrogen) atoms. The number of halogens is 1. The van der Waals surface area contributed by atoms with Crippen molar-refractivity contribution in [3.63, 3.8) is 0 Å². The molecule has 0 fully saturated rings. The maximum atomic E-state index is 13.6. The van der Waals surface area contributed by atoms with E-state index < -0.39 is 34.1 Å². The van der Waals surface area contributed by atoms with E-state index in [4.69, 9.17) is 0 Å². The molecule has 0 spiro atoms. The van der Waals surface area contributed by atoms with Crippen molar-refractivity contribution in [2.45, 2.75) is 59.2 Å². The molecule has 0 radical (unpaired) electrons. The average Bonchev–Trinajstić information content (AvgIpc) is 2.73. The highest BCUT2D eigenvalue weighted by atomic mass is 79.9. The summed E-state index contributed by atoms with van der Waals surface area (Å²) in [4.78, 5) is 28.0. The molecule has 2 rings (SSSR count). The molecular weight excluding hydrogens is 518 g/mol. The Labute approximate surface area is 211 Å². The van der Waals surface area contributed by atoms with E-state index in [1.165, 1.54) is 4.90 Å². The van der Waals surface area contributed by atoms with Crippen molar-refractivity contribution in [1.29, 1.82) is 0 Å². The van der Waals surface area contributed by atoms with Gasteiger partial charge in [-0.2, -0.15) is 0 Å². The minimum absolute atomic E-state index is 0.157. The van der Waals surface area contributed by atoms with E-state index in [1.807, 2.05) is 64.1 Å². The van der Waals surface area contributed by atoms with Crippen LogP contribution in [0.3, 0.4) is 0 Å². The Morgan fingerprint density at radius 3 is 2.29 bits per heavy atom. The summed E-state index contributed by atoms with van der Waals surface area (Å²) in [6.45, 7) is 8.93. The molecule has 0 aliphatic carbocycles. The number of carbonyl (C=O) groups excluding carboxylic acids is 2. The zero-order chi connectivity index (χ0) is 25.7. The fourth-order valence-corrected chi connectivity index (χ4v) is 4.86. The monoisotopic (exact) mass is 551 g/mol. The van der Waals surface area contributed by atoms with E-state index in [1.54, 1.807) is 19.1 Å². The van der Waals surface area contributed by atoms with Crippen LogP contribution in [-0.2, 0) is 32.6 Å². The van der Waals surface area contributed by atoms with Gasteiger partial charge in [-0.1, -0.05) is 53.2 Å². The maximum Gasteiger partial charge on any atom is 0.244 e. The number of carbonyl (C=O) groups is 2. The average molecular weight is 553 g/mol. The van der Waals surface area contributed by atoms with E-state index in [0.717, 1.165) is 26.2 Å². The molecule has 186 valence electrons. The molecule has 0 aliphatic heterocycles. The number of nitrogens with zero attached hydrogens (tertiary/aromatic N) is 2. The van der Waals surface area contributed by atoms with Gasteiger partial charge >= 0.3 is 0 Å². The van der Waals surface area contributed by atoms with Crippen molar-refractivity contribution >= 4 is 43.5 Å². The smallest absolute Gasteiger partial charge is 0.244 e. The lowest BCUT2D eigenvalue weighted by molar-refractivity contribution is -0.140. The number of para-hydroxylation sites is 1. The van der Waals surface area contributed by atoms with Crippen LogP contribution < -0.4 is 9.62 Å². The normalized spacial score (nSPS) is 12.7. The lowest BCUT2D eigenvalue weighted by Gasteiger charge is -2.33. The third-order valence-electron chi connectivity index (χ3n) is 5.23. The van der Waals surface area contributed by atoms with Gasteiger partial charge in [-0.05, 0) is 63.4 Å². The number of nitrogens with one attached hydrogen (secondary N) is 1. The fourth-order valence-electron chi connectivity index (χ4n) is 3.54. The predicted octanol–water partition coefficient (Wildman–Crippen LogP) is 4.11. The second-order valence-electron chi connectivity index (χ2n) is 9.32. The second kappa shape index (κ2) is 11.4. The van der Waals surface area contributed by atoms with Crippen LogP contribution in [0.15, 0.2) is 53.0 Å². The molecular formula is C25H34BrN3O4S. The van der Waals surface area contributed by atoms with E-state index in [0.29, 0.717) is 12.1 Å². The molecule has 1 atom stereocenters. The first kappa shape index (κ1) is 27.9. The zero-order valence-corrected chi connectivity index (χ0v) is 23.0. The molecule has 0 saturated carbocycles. The lowest BCUT2D eigenvalue weighted by Crippen LogP contribution is -2.54.